The van der Waals surface area contributed by atoms with Gasteiger partial charge in [0.2, 0.25) is 5.75 Å². The maximum absolute atomic E-state index is 12.4. The number of nitro groups is 1. The van der Waals surface area contributed by atoms with E-state index in [-0.39, 0.29) is 0 Å². The topological polar surface area (TPSA) is 65.3 Å². The Hall–Kier alpha value is -1.27. The van der Waals surface area contributed by atoms with Crippen LogP contribution in [0, 0.1) is 13.8 Å². The summed E-state index contributed by atoms with van der Waals surface area (Å²) in [5, 5.41) is 10.6. The molecule has 100 valence electrons. The van der Waals surface area contributed by atoms with Gasteiger partial charge in [-0.25, -0.2) is 13.8 Å². The third kappa shape index (κ3) is 3.36. The Morgan fingerprint density at radius 3 is 2.39 bits per heavy atom. The summed E-state index contributed by atoms with van der Waals surface area (Å²) >= 11 is 1.21. The first-order valence-electron chi connectivity index (χ1n) is 4.00. The summed E-state index contributed by atoms with van der Waals surface area (Å²) in [6.45, 7) is 0. The third-order valence-corrected chi connectivity index (χ3v) is 2.40. The van der Waals surface area contributed by atoms with Gasteiger partial charge in [-0.3, -0.25) is 10.1 Å². The molecule has 5 nitrogen and oxygen atoms in total. The molecule has 1 aromatic heterocycles. The van der Waals surface area contributed by atoms with Gasteiger partial charge in [0.15, 0.2) is 3.70 Å². The van der Waals surface area contributed by atoms with Crippen LogP contribution in [0.4, 0.5) is 27.6 Å². The lowest BCUT2D eigenvalue weighted by molar-refractivity contribution is -0.390. The second kappa shape index (κ2) is 5.16. The average Bonchev–Trinajstić information content (AvgIpc) is 2.17. The van der Waals surface area contributed by atoms with E-state index in [1.807, 2.05) is 0 Å². The summed E-state index contributed by atoms with van der Waals surface area (Å²) in [6, 6.07) is 0. The lowest BCUT2D eigenvalue weighted by Crippen LogP contribution is -2.19. The van der Waals surface area contributed by atoms with Gasteiger partial charge in [0, 0.05) is 6.20 Å². The normalized spacial score (nSPS) is 11.7. The van der Waals surface area contributed by atoms with Crippen molar-refractivity contribution < 1.29 is 31.6 Å². The zero-order valence-electron chi connectivity index (χ0n) is 8.04. The van der Waals surface area contributed by atoms with Crippen molar-refractivity contribution in [1.82, 2.24) is 4.98 Å². The molecule has 11 heteroatoms. The molecular formula is C7H2F5IN2O3. The monoisotopic (exact) mass is 384 g/mol. The van der Waals surface area contributed by atoms with E-state index in [9.17, 15) is 32.1 Å². The number of hydrogen-bond donors (Lipinski definition) is 0. The van der Waals surface area contributed by atoms with Crippen LogP contribution in [0.3, 0.4) is 0 Å². The van der Waals surface area contributed by atoms with Crippen LogP contribution in [0.5, 0.6) is 5.75 Å². The van der Waals surface area contributed by atoms with Crippen LogP contribution >= 0.6 is 22.6 Å². The molecule has 0 aliphatic heterocycles. The third-order valence-electron chi connectivity index (χ3n) is 1.63. The average molecular weight is 384 g/mol. The van der Waals surface area contributed by atoms with Crippen molar-refractivity contribution in [3.63, 3.8) is 0 Å². The van der Waals surface area contributed by atoms with E-state index in [4.69, 9.17) is 0 Å². The molecule has 1 aromatic rings. The number of ether oxygens (including phenoxy) is 1. The molecule has 0 saturated carbocycles. The Morgan fingerprint density at radius 2 is 2.00 bits per heavy atom. The summed E-state index contributed by atoms with van der Waals surface area (Å²) in [7, 11) is 0. The Morgan fingerprint density at radius 1 is 1.44 bits per heavy atom. The highest BCUT2D eigenvalue weighted by molar-refractivity contribution is 14.1. The highest BCUT2D eigenvalue weighted by atomic mass is 127. The van der Waals surface area contributed by atoms with Crippen LogP contribution in [0.25, 0.3) is 0 Å². The summed E-state index contributed by atoms with van der Waals surface area (Å²) in [5.74, 6) is -1.34. The summed E-state index contributed by atoms with van der Waals surface area (Å²) in [6.07, 6.45) is -8.15. The van der Waals surface area contributed by atoms with E-state index in [2.05, 4.69) is 9.72 Å². The lowest BCUT2D eigenvalue weighted by atomic mass is 10.2. The number of nitrogens with zero attached hydrogens (tertiary/aromatic N) is 2. The highest BCUT2D eigenvalue weighted by Crippen LogP contribution is 2.40. The first-order valence-corrected chi connectivity index (χ1v) is 5.08. The fraction of sp³-hybridized carbons (Fsp3) is 0.286. The molecule has 0 fully saturated rings. The van der Waals surface area contributed by atoms with Gasteiger partial charge in [0.1, 0.15) is 5.56 Å². The van der Waals surface area contributed by atoms with Crippen molar-refractivity contribution in [2.45, 2.75) is 12.8 Å². The van der Waals surface area contributed by atoms with Gasteiger partial charge in [-0.15, -0.1) is 13.2 Å². The quantitative estimate of drug-likeness (QED) is 0.263. The minimum Gasteiger partial charge on any atom is -0.396 e. The van der Waals surface area contributed by atoms with Crippen molar-refractivity contribution >= 4 is 28.3 Å². The molecule has 0 aliphatic carbocycles. The van der Waals surface area contributed by atoms with Gasteiger partial charge in [-0.1, -0.05) is 0 Å². The van der Waals surface area contributed by atoms with E-state index < -0.39 is 38.4 Å². The van der Waals surface area contributed by atoms with Crippen molar-refractivity contribution in [2.24, 2.45) is 0 Å². The standard InChI is InChI=1S/C7H2F5IN2O3/c8-5(9)2-1-14-6(13)4(3(2)15(16)17)18-7(10,11)12/h1,5H. The molecule has 0 amide bonds. The number of rotatable bonds is 3. The lowest BCUT2D eigenvalue weighted by Gasteiger charge is -2.12. The second-order valence-corrected chi connectivity index (χ2v) is 3.81. The minimum absolute atomic E-state index is 0.438. The van der Waals surface area contributed by atoms with Crippen molar-refractivity contribution in [3.05, 3.63) is 25.6 Å². The fourth-order valence-corrected chi connectivity index (χ4v) is 1.53. The molecule has 0 aromatic carbocycles. The Kier molecular flexibility index (Phi) is 4.24. The smallest absolute Gasteiger partial charge is 0.396 e. The van der Waals surface area contributed by atoms with Crippen molar-refractivity contribution in [1.29, 1.82) is 0 Å². The van der Waals surface area contributed by atoms with Crippen LogP contribution in [0.1, 0.15) is 12.0 Å². The number of alkyl halides is 5. The molecular weight excluding hydrogens is 382 g/mol. The molecule has 0 N–H and O–H groups in total. The number of hydrogen-bond acceptors (Lipinski definition) is 4. The minimum atomic E-state index is -5.24. The van der Waals surface area contributed by atoms with Crippen molar-refractivity contribution in [3.8, 4) is 5.75 Å². The molecule has 1 rings (SSSR count). The van der Waals surface area contributed by atoms with Gasteiger partial charge in [-0.05, 0) is 22.6 Å². The molecule has 0 unspecified atom stereocenters. The predicted molar refractivity (Wildman–Crippen MR) is 55.2 cm³/mol. The summed E-state index contributed by atoms with van der Waals surface area (Å²) in [4.78, 5) is 12.4. The van der Waals surface area contributed by atoms with Gasteiger partial charge in [0.05, 0.1) is 4.92 Å². The van der Waals surface area contributed by atoms with Gasteiger partial charge in [-0.2, -0.15) is 0 Å². The largest absolute Gasteiger partial charge is 0.573 e. The fourth-order valence-electron chi connectivity index (χ4n) is 1.03. The van der Waals surface area contributed by atoms with E-state index in [0.717, 1.165) is 0 Å². The molecule has 1 heterocycles. The zero-order chi connectivity index (χ0) is 14.1. The highest BCUT2D eigenvalue weighted by Gasteiger charge is 2.38. The van der Waals surface area contributed by atoms with Gasteiger partial charge >= 0.3 is 12.0 Å². The Labute approximate surface area is 109 Å². The van der Waals surface area contributed by atoms with Crippen LogP contribution in [0.15, 0.2) is 6.20 Å². The SMILES string of the molecule is O=[N+]([O-])c1c(C(F)F)cnc(I)c1OC(F)(F)F. The molecule has 0 saturated heterocycles. The van der Waals surface area contributed by atoms with Crippen LogP contribution in [0.2, 0.25) is 0 Å². The Bertz CT molecular complexity index is 479. The van der Waals surface area contributed by atoms with Crippen molar-refractivity contribution in [2.75, 3.05) is 0 Å². The first-order chi connectivity index (χ1) is 8.13. The summed E-state index contributed by atoms with van der Waals surface area (Å²) < 4.78 is 63.8. The van der Waals surface area contributed by atoms with E-state index in [1.54, 1.807) is 0 Å². The number of halogens is 6. The van der Waals surface area contributed by atoms with E-state index >= 15 is 0 Å². The molecule has 0 radical (unpaired) electrons. The maximum Gasteiger partial charge on any atom is 0.573 e. The molecule has 0 aliphatic rings. The molecule has 0 bridgehead atoms. The number of aromatic nitrogens is 1. The van der Waals surface area contributed by atoms with Crippen LogP contribution < -0.4 is 4.74 Å². The Balaban J connectivity index is 3.46. The molecule has 0 spiro atoms. The molecule has 18 heavy (non-hydrogen) atoms. The first kappa shape index (κ1) is 14.8. The number of pyridine rings is 1. The van der Waals surface area contributed by atoms with E-state index in [1.165, 1.54) is 22.6 Å². The van der Waals surface area contributed by atoms with Gasteiger partial charge < -0.3 is 4.74 Å². The zero-order valence-corrected chi connectivity index (χ0v) is 10.2. The van der Waals surface area contributed by atoms with E-state index in [0.29, 0.717) is 6.20 Å². The second-order valence-electron chi connectivity index (χ2n) is 2.79. The molecule has 0 atom stereocenters. The predicted octanol–water partition coefficient (Wildman–Crippen LogP) is 3.43. The summed E-state index contributed by atoms with van der Waals surface area (Å²) in [5.41, 5.74) is -2.68. The maximum atomic E-state index is 12.4. The van der Waals surface area contributed by atoms with Crippen LogP contribution in [-0.2, 0) is 0 Å². The van der Waals surface area contributed by atoms with Crippen LogP contribution in [-0.4, -0.2) is 16.3 Å². The van der Waals surface area contributed by atoms with Gasteiger partial charge in [0.25, 0.3) is 6.43 Å².